The summed E-state index contributed by atoms with van der Waals surface area (Å²) in [5.41, 5.74) is 0.665. The third-order valence-electron chi connectivity index (χ3n) is 2.81. The van der Waals surface area contributed by atoms with Crippen LogP contribution in [0.1, 0.15) is 26.3 Å². The Bertz CT molecular complexity index is 514. The second-order valence-corrected chi connectivity index (χ2v) is 7.11. The van der Waals surface area contributed by atoms with E-state index in [1.54, 1.807) is 12.1 Å². The average Bonchev–Trinajstić information content (AvgIpc) is 2.27. The molecule has 0 aliphatic carbocycles. The summed E-state index contributed by atoms with van der Waals surface area (Å²) in [6, 6.07) is 4.55. The van der Waals surface area contributed by atoms with Crippen LogP contribution in [-0.2, 0) is 16.6 Å². The number of sulfonamides is 1. The molecule has 2 N–H and O–H groups in total. The van der Waals surface area contributed by atoms with Crippen molar-refractivity contribution in [1.82, 2.24) is 4.72 Å². The molecular weight excluding hydrogens is 318 g/mol. The molecule has 0 saturated carbocycles. The van der Waals surface area contributed by atoms with Crippen molar-refractivity contribution < 1.29 is 13.5 Å². The fourth-order valence-corrected chi connectivity index (χ4v) is 3.82. The van der Waals surface area contributed by atoms with Crippen LogP contribution in [-0.4, -0.2) is 19.6 Å². The van der Waals surface area contributed by atoms with Crippen molar-refractivity contribution in [2.24, 2.45) is 5.92 Å². The molecule has 0 fully saturated rings. The quantitative estimate of drug-likeness (QED) is 0.867. The maximum absolute atomic E-state index is 12.2. The molecule has 1 rings (SSSR count). The zero-order chi connectivity index (χ0) is 13.9. The summed E-state index contributed by atoms with van der Waals surface area (Å²) in [4.78, 5) is 0.187. The number of nitrogens with one attached hydrogen (secondary N) is 1. The molecule has 6 heteroatoms. The Kier molecular flexibility index (Phi) is 5.33. The molecule has 1 unspecified atom stereocenters. The van der Waals surface area contributed by atoms with Crippen molar-refractivity contribution in [3.05, 3.63) is 28.2 Å². The molecule has 1 aromatic rings. The topological polar surface area (TPSA) is 66.4 Å². The van der Waals surface area contributed by atoms with E-state index in [9.17, 15) is 8.42 Å². The van der Waals surface area contributed by atoms with Gasteiger partial charge in [-0.2, -0.15) is 0 Å². The van der Waals surface area contributed by atoms with E-state index in [-0.39, 0.29) is 23.5 Å². The van der Waals surface area contributed by atoms with Crippen molar-refractivity contribution in [1.29, 1.82) is 0 Å². The second-order valence-electron chi connectivity index (χ2n) is 4.58. The molecule has 0 amide bonds. The highest BCUT2D eigenvalue weighted by atomic mass is 79.9. The summed E-state index contributed by atoms with van der Waals surface area (Å²) in [6.45, 7) is 5.63. The number of hydrogen-bond acceptors (Lipinski definition) is 3. The van der Waals surface area contributed by atoms with Gasteiger partial charge in [0.25, 0.3) is 0 Å². The van der Waals surface area contributed by atoms with Gasteiger partial charge in [0.1, 0.15) is 0 Å². The third kappa shape index (κ3) is 3.78. The maximum Gasteiger partial charge on any atom is 0.241 e. The molecule has 18 heavy (non-hydrogen) atoms. The lowest BCUT2D eigenvalue weighted by Crippen LogP contribution is -2.36. The summed E-state index contributed by atoms with van der Waals surface area (Å²) in [5, 5.41) is 8.99. The molecule has 0 aliphatic heterocycles. The molecular formula is C12H18BrNO3S. The van der Waals surface area contributed by atoms with Crippen LogP contribution in [0.3, 0.4) is 0 Å². The van der Waals surface area contributed by atoms with E-state index in [0.717, 1.165) is 0 Å². The monoisotopic (exact) mass is 335 g/mol. The molecule has 102 valence electrons. The minimum absolute atomic E-state index is 0.116. The fraction of sp³-hybridized carbons (Fsp3) is 0.500. The van der Waals surface area contributed by atoms with E-state index in [4.69, 9.17) is 5.11 Å². The van der Waals surface area contributed by atoms with Crippen LogP contribution >= 0.6 is 15.9 Å². The standard InChI is InChI=1S/C12H18BrNO3S/c1-8(2)9(3)14-18(16,17)12-5-4-10(7-15)6-11(12)13/h4-6,8-9,14-15H,7H2,1-3H3. The predicted molar refractivity (Wildman–Crippen MR) is 74.7 cm³/mol. The van der Waals surface area contributed by atoms with Crippen LogP contribution < -0.4 is 4.72 Å². The minimum Gasteiger partial charge on any atom is -0.392 e. The van der Waals surface area contributed by atoms with E-state index in [1.165, 1.54) is 6.07 Å². The van der Waals surface area contributed by atoms with E-state index in [0.29, 0.717) is 10.0 Å². The normalized spacial score (nSPS) is 13.9. The lowest BCUT2D eigenvalue weighted by Gasteiger charge is -2.18. The van der Waals surface area contributed by atoms with Gasteiger partial charge >= 0.3 is 0 Å². The van der Waals surface area contributed by atoms with E-state index >= 15 is 0 Å². The van der Waals surface area contributed by atoms with Gasteiger partial charge in [-0.1, -0.05) is 19.9 Å². The molecule has 4 nitrogen and oxygen atoms in total. The SMILES string of the molecule is CC(C)C(C)NS(=O)(=O)c1ccc(CO)cc1Br. The summed E-state index contributed by atoms with van der Waals surface area (Å²) in [5.74, 6) is 0.218. The number of hydrogen-bond donors (Lipinski definition) is 2. The van der Waals surface area contributed by atoms with Crippen LogP contribution in [0.4, 0.5) is 0 Å². The van der Waals surface area contributed by atoms with Gasteiger partial charge in [-0.3, -0.25) is 0 Å². The molecule has 1 aromatic carbocycles. The first-order chi connectivity index (χ1) is 8.27. The summed E-state index contributed by atoms with van der Waals surface area (Å²) >= 11 is 3.22. The molecule has 0 heterocycles. The molecule has 0 aliphatic rings. The van der Waals surface area contributed by atoms with E-state index in [2.05, 4.69) is 20.7 Å². The predicted octanol–water partition coefficient (Wildman–Crippen LogP) is 2.26. The van der Waals surface area contributed by atoms with Gasteiger partial charge in [-0.15, -0.1) is 0 Å². The Balaban J connectivity index is 3.06. The zero-order valence-corrected chi connectivity index (χ0v) is 13.0. The Morgan fingerprint density at radius 3 is 2.39 bits per heavy atom. The van der Waals surface area contributed by atoms with Crippen molar-refractivity contribution in [3.63, 3.8) is 0 Å². The Morgan fingerprint density at radius 2 is 1.94 bits per heavy atom. The van der Waals surface area contributed by atoms with Crippen LogP contribution in [0.2, 0.25) is 0 Å². The van der Waals surface area contributed by atoms with Gasteiger partial charge in [-0.05, 0) is 46.5 Å². The van der Waals surface area contributed by atoms with Crippen molar-refractivity contribution in [3.8, 4) is 0 Å². The number of rotatable bonds is 5. The molecule has 0 radical (unpaired) electrons. The highest BCUT2D eigenvalue weighted by Gasteiger charge is 2.21. The van der Waals surface area contributed by atoms with Crippen molar-refractivity contribution in [2.75, 3.05) is 0 Å². The third-order valence-corrected chi connectivity index (χ3v) is 5.35. The molecule has 0 aromatic heterocycles. The maximum atomic E-state index is 12.2. The van der Waals surface area contributed by atoms with Gasteiger partial charge in [0.15, 0.2) is 0 Å². The lowest BCUT2D eigenvalue weighted by atomic mass is 10.1. The van der Waals surface area contributed by atoms with Crippen molar-refractivity contribution >= 4 is 26.0 Å². The number of benzene rings is 1. The smallest absolute Gasteiger partial charge is 0.241 e. The highest BCUT2D eigenvalue weighted by Crippen LogP contribution is 2.23. The average molecular weight is 336 g/mol. The van der Waals surface area contributed by atoms with E-state index in [1.807, 2.05) is 20.8 Å². The zero-order valence-electron chi connectivity index (χ0n) is 10.6. The Hall–Kier alpha value is -0.430. The van der Waals surface area contributed by atoms with Gasteiger partial charge in [0.05, 0.1) is 11.5 Å². The van der Waals surface area contributed by atoms with Crippen LogP contribution in [0.25, 0.3) is 0 Å². The summed E-state index contributed by atoms with van der Waals surface area (Å²) < 4.78 is 27.4. The van der Waals surface area contributed by atoms with Gasteiger partial charge in [-0.25, -0.2) is 13.1 Å². The first kappa shape index (κ1) is 15.6. The Labute approximate surface area is 117 Å². The second kappa shape index (κ2) is 6.14. The number of aliphatic hydroxyl groups excluding tert-OH is 1. The Morgan fingerprint density at radius 1 is 1.33 bits per heavy atom. The minimum atomic E-state index is -3.54. The van der Waals surface area contributed by atoms with Crippen LogP contribution in [0.5, 0.6) is 0 Å². The number of halogens is 1. The van der Waals surface area contributed by atoms with Gasteiger partial charge in [0, 0.05) is 10.5 Å². The summed E-state index contributed by atoms with van der Waals surface area (Å²) in [7, 11) is -3.54. The van der Waals surface area contributed by atoms with Gasteiger partial charge in [0.2, 0.25) is 10.0 Å². The highest BCUT2D eigenvalue weighted by molar-refractivity contribution is 9.10. The largest absolute Gasteiger partial charge is 0.392 e. The molecule has 1 atom stereocenters. The lowest BCUT2D eigenvalue weighted by molar-refractivity contribution is 0.281. The van der Waals surface area contributed by atoms with Crippen LogP contribution in [0, 0.1) is 5.92 Å². The fourth-order valence-electron chi connectivity index (χ4n) is 1.30. The van der Waals surface area contributed by atoms with Gasteiger partial charge < -0.3 is 5.11 Å². The first-order valence-electron chi connectivity index (χ1n) is 5.69. The van der Waals surface area contributed by atoms with Crippen LogP contribution in [0.15, 0.2) is 27.6 Å². The van der Waals surface area contributed by atoms with Crippen molar-refractivity contribution in [2.45, 2.75) is 38.3 Å². The molecule has 0 bridgehead atoms. The number of aliphatic hydroxyl groups is 1. The summed E-state index contributed by atoms with van der Waals surface area (Å²) in [6.07, 6.45) is 0. The van der Waals surface area contributed by atoms with E-state index < -0.39 is 10.0 Å². The molecule has 0 saturated heterocycles. The molecule has 0 spiro atoms. The first-order valence-corrected chi connectivity index (χ1v) is 7.97.